The van der Waals surface area contributed by atoms with Crippen LogP contribution in [0.3, 0.4) is 0 Å². The van der Waals surface area contributed by atoms with Crippen LogP contribution >= 0.6 is 22.9 Å². The fourth-order valence-electron chi connectivity index (χ4n) is 1.84. The summed E-state index contributed by atoms with van der Waals surface area (Å²) in [7, 11) is -3.63. The van der Waals surface area contributed by atoms with E-state index in [0.717, 1.165) is 5.56 Å². The van der Waals surface area contributed by atoms with E-state index in [1.54, 1.807) is 23.7 Å². The largest absolute Gasteiger partial charge is 0.310 e. The van der Waals surface area contributed by atoms with E-state index in [2.05, 4.69) is 15.0 Å². The standard InChI is InChI=1S/C13H14ClN3O2S2/c14-12-4-3-11(7-9(12)8-16-10-1-2-10)21(18,19)17-13-15-5-6-20-13/h3-7,10,16H,1-2,8H2,(H,15,17). The highest BCUT2D eigenvalue weighted by Gasteiger charge is 2.21. The molecular formula is C13H14ClN3O2S2. The Kier molecular flexibility index (Phi) is 4.17. The van der Waals surface area contributed by atoms with Crippen molar-refractivity contribution in [3.05, 3.63) is 40.4 Å². The van der Waals surface area contributed by atoms with E-state index in [-0.39, 0.29) is 4.90 Å². The Morgan fingerprint density at radius 2 is 2.19 bits per heavy atom. The number of hydrogen-bond acceptors (Lipinski definition) is 5. The van der Waals surface area contributed by atoms with Gasteiger partial charge < -0.3 is 5.32 Å². The monoisotopic (exact) mass is 343 g/mol. The normalized spacial score (nSPS) is 15.1. The third kappa shape index (κ3) is 3.74. The van der Waals surface area contributed by atoms with Crippen LogP contribution < -0.4 is 10.0 Å². The topological polar surface area (TPSA) is 71.1 Å². The van der Waals surface area contributed by atoms with Crippen molar-refractivity contribution in [1.82, 2.24) is 10.3 Å². The van der Waals surface area contributed by atoms with Gasteiger partial charge in [0.15, 0.2) is 5.13 Å². The molecule has 21 heavy (non-hydrogen) atoms. The lowest BCUT2D eigenvalue weighted by Crippen LogP contribution is -2.17. The SMILES string of the molecule is O=S(=O)(Nc1nccs1)c1ccc(Cl)c(CNC2CC2)c1. The number of halogens is 1. The maximum absolute atomic E-state index is 12.3. The van der Waals surface area contributed by atoms with Gasteiger partial charge in [-0.15, -0.1) is 11.3 Å². The van der Waals surface area contributed by atoms with Gasteiger partial charge in [0.1, 0.15) is 0 Å². The Labute approximate surface area is 132 Å². The summed E-state index contributed by atoms with van der Waals surface area (Å²) in [6.45, 7) is 0.574. The predicted molar refractivity (Wildman–Crippen MR) is 84.2 cm³/mol. The van der Waals surface area contributed by atoms with Gasteiger partial charge in [-0.1, -0.05) is 11.6 Å². The molecule has 8 heteroatoms. The van der Waals surface area contributed by atoms with Crippen LogP contribution in [0.4, 0.5) is 5.13 Å². The fourth-order valence-corrected chi connectivity index (χ4v) is 3.87. The lowest BCUT2D eigenvalue weighted by molar-refractivity contribution is 0.601. The van der Waals surface area contributed by atoms with Crippen LogP contribution in [0.25, 0.3) is 0 Å². The number of hydrogen-bond donors (Lipinski definition) is 2. The average Bonchev–Trinajstić information content (AvgIpc) is 3.14. The van der Waals surface area contributed by atoms with E-state index in [4.69, 9.17) is 11.6 Å². The molecule has 5 nitrogen and oxygen atoms in total. The van der Waals surface area contributed by atoms with Gasteiger partial charge in [-0.2, -0.15) is 0 Å². The molecule has 1 aliphatic carbocycles. The molecule has 1 aromatic heterocycles. The highest BCUT2D eigenvalue weighted by molar-refractivity contribution is 7.93. The van der Waals surface area contributed by atoms with Crippen LogP contribution in [0.5, 0.6) is 0 Å². The van der Waals surface area contributed by atoms with E-state index >= 15 is 0 Å². The summed E-state index contributed by atoms with van der Waals surface area (Å²) >= 11 is 7.36. The van der Waals surface area contributed by atoms with Gasteiger partial charge in [0.2, 0.25) is 0 Å². The Hall–Kier alpha value is -1.15. The minimum Gasteiger partial charge on any atom is -0.310 e. The maximum Gasteiger partial charge on any atom is 0.263 e. The molecule has 0 saturated heterocycles. The summed E-state index contributed by atoms with van der Waals surface area (Å²) in [5.41, 5.74) is 0.783. The molecule has 1 fully saturated rings. The van der Waals surface area contributed by atoms with Crippen LogP contribution in [0.15, 0.2) is 34.7 Å². The zero-order chi connectivity index (χ0) is 14.9. The van der Waals surface area contributed by atoms with Gasteiger partial charge >= 0.3 is 0 Å². The molecule has 112 valence electrons. The summed E-state index contributed by atoms with van der Waals surface area (Å²) in [5, 5.41) is 5.96. The van der Waals surface area contributed by atoms with E-state index in [1.807, 2.05) is 0 Å². The van der Waals surface area contributed by atoms with E-state index in [9.17, 15) is 8.42 Å². The fraction of sp³-hybridized carbons (Fsp3) is 0.308. The number of thiazole rings is 1. The number of sulfonamides is 1. The Morgan fingerprint density at radius 3 is 2.86 bits per heavy atom. The minimum atomic E-state index is -3.63. The number of aromatic nitrogens is 1. The van der Waals surface area contributed by atoms with Crippen molar-refractivity contribution in [2.24, 2.45) is 0 Å². The summed E-state index contributed by atoms with van der Waals surface area (Å²) in [6.07, 6.45) is 3.89. The van der Waals surface area contributed by atoms with Crippen molar-refractivity contribution in [2.75, 3.05) is 4.72 Å². The van der Waals surface area contributed by atoms with Crippen molar-refractivity contribution in [3.63, 3.8) is 0 Å². The van der Waals surface area contributed by atoms with Crippen LogP contribution in [0.2, 0.25) is 5.02 Å². The average molecular weight is 344 g/mol. The van der Waals surface area contributed by atoms with Crippen molar-refractivity contribution in [3.8, 4) is 0 Å². The van der Waals surface area contributed by atoms with Gasteiger partial charge in [-0.25, -0.2) is 13.4 Å². The predicted octanol–water partition coefficient (Wildman–Crippen LogP) is 2.85. The maximum atomic E-state index is 12.3. The molecule has 2 aromatic rings. The highest BCUT2D eigenvalue weighted by Crippen LogP contribution is 2.25. The minimum absolute atomic E-state index is 0.190. The zero-order valence-electron chi connectivity index (χ0n) is 11.0. The molecule has 1 aliphatic rings. The smallest absolute Gasteiger partial charge is 0.263 e. The summed E-state index contributed by atoms with van der Waals surface area (Å²) in [4.78, 5) is 4.11. The molecule has 0 atom stereocenters. The summed E-state index contributed by atoms with van der Waals surface area (Å²) in [5.74, 6) is 0. The number of nitrogens with zero attached hydrogens (tertiary/aromatic N) is 1. The third-order valence-electron chi connectivity index (χ3n) is 3.14. The highest BCUT2D eigenvalue weighted by atomic mass is 35.5. The Bertz CT molecular complexity index is 728. The lowest BCUT2D eigenvalue weighted by atomic mass is 10.2. The van der Waals surface area contributed by atoms with Crippen LogP contribution in [-0.4, -0.2) is 19.4 Å². The molecule has 0 bridgehead atoms. The first-order valence-corrected chi connectivity index (χ1v) is 9.23. The van der Waals surface area contributed by atoms with Crippen LogP contribution in [0.1, 0.15) is 18.4 Å². The van der Waals surface area contributed by atoms with Gasteiger partial charge in [-0.05, 0) is 36.6 Å². The van der Waals surface area contributed by atoms with Gasteiger partial charge in [0, 0.05) is 29.2 Å². The number of nitrogens with one attached hydrogen (secondary N) is 2. The second-order valence-electron chi connectivity index (χ2n) is 4.85. The molecule has 0 radical (unpaired) electrons. The molecule has 0 amide bonds. The van der Waals surface area contributed by atoms with E-state index < -0.39 is 10.0 Å². The lowest BCUT2D eigenvalue weighted by Gasteiger charge is -2.10. The zero-order valence-corrected chi connectivity index (χ0v) is 13.4. The second kappa shape index (κ2) is 5.92. The first-order valence-electron chi connectivity index (χ1n) is 6.49. The van der Waals surface area contributed by atoms with Crippen LogP contribution in [0, 0.1) is 0 Å². The number of rotatable bonds is 6. The first kappa shape index (κ1) is 14.8. The summed E-state index contributed by atoms with van der Waals surface area (Å²) < 4.78 is 27.1. The molecule has 1 aromatic carbocycles. The molecule has 0 spiro atoms. The van der Waals surface area contributed by atoms with Gasteiger partial charge in [-0.3, -0.25) is 4.72 Å². The molecule has 1 heterocycles. The Morgan fingerprint density at radius 1 is 1.38 bits per heavy atom. The molecule has 1 saturated carbocycles. The van der Waals surface area contributed by atoms with E-state index in [0.29, 0.717) is 22.7 Å². The number of benzene rings is 1. The van der Waals surface area contributed by atoms with E-state index in [1.165, 1.54) is 30.2 Å². The van der Waals surface area contributed by atoms with Gasteiger partial charge in [0.05, 0.1) is 4.90 Å². The third-order valence-corrected chi connectivity index (χ3v) is 5.66. The second-order valence-corrected chi connectivity index (χ2v) is 7.84. The van der Waals surface area contributed by atoms with Crippen molar-refractivity contribution < 1.29 is 8.42 Å². The molecule has 3 rings (SSSR count). The molecule has 0 unspecified atom stereocenters. The first-order chi connectivity index (χ1) is 10.0. The number of anilines is 1. The van der Waals surface area contributed by atoms with Crippen molar-refractivity contribution in [1.29, 1.82) is 0 Å². The molecule has 2 N–H and O–H groups in total. The van der Waals surface area contributed by atoms with Crippen molar-refractivity contribution >= 4 is 38.1 Å². The van der Waals surface area contributed by atoms with Crippen LogP contribution in [-0.2, 0) is 16.6 Å². The van der Waals surface area contributed by atoms with Crippen molar-refractivity contribution in [2.45, 2.75) is 30.3 Å². The molecule has 0 aliphatic heterocycles. The van der Waals surface area contributed by atoms with Gasteiger partial charge in [0.25, 0.3) is 10.0 Å². The quantitative estimate of drug-likeness (QED) is 0.846. The summed E-state index contributed by atoms with van der Waals surface area (Å²) in [6, 6.07) is 5.25. The Balaban J connectivity index is 1.81. The molecular weight excluding hydrogens is 330 g/mol.